The number of rotatable bonds is 24. The number of hydrogen-bond acceptors (Lipinski definition) is 1. The molecule has 0 unspecified atom stereocenters. The zero-order valence-corrected chi connectivity index (χ0v) is 19.8. The van der Waals surface area contributed by atoms with Gasteiger partial charge in [0.15, 0.2) is 0 Å². The molecule has 0 spiro atoms. The fourth-order valence-corrected chi connectivity index (χ4v) is 3.96. The molecule has 0 atom stereocenters. The molecule has 0 saturated heterocycles. The van der Waals surface area contributed by atoms with Gasteiger partial charge in [-0.25, -0.2) is 0 Å². The van der Waals surface area contributed by atoms with Crippen LogP contribution >= 0.6 is 0 Å². The summed E-state index contributed by atoms with van der Waals surface area (Å²) in [7, 11) is 0. The Labute approximate surface area is 182 Å². The highest BCUT2D eigenvalue weighted by atomic mass is 16.4. The smallest absolute Gasteiger partial charge is 0.303 e. The molecule has 0 aromatic heterocycles. The van der Waals surface area contributed by atoms with E-state index in [0.717, 1.165) is 6.42 Å². The number of carboxylic acid groups (broad SMARTS) is 1. The molecule has 0 rings (SSSR count). The fraction of sp³-hybridized carbons (Fsp3) is 0.889. The van der Waals surface area contributed by atoms with Crippen molar-refractivity contribution in [2.75, 3.05) is 0 Å². The number of unbranched alkanes of at least 4 members (excludes halogenated alkanes) is 20. The van der Waals surface area contributed by atoms with E-state index in [9.17, 15) is 4.79 Å². The SMILES string of the molecule is CCCCCCCCCCCCCCCCCCCCCCC=CCCC(=O)O. The van der Waals surface area contributed by atoms with Crippen molar-refractivity contribution in [1.29, 1.82) is 0 Å². The molecule has 2 nitrogen and oxygen atoms in total. The van der Waals surface area contributed by atoms with Gasteiger partial charge in [-0.1, -0.05) is 141 Å². The van der Waals surface area contributed by atoms with E-state index in [1.54, 1.807) is 0 Å². The molecule has 172 valence electrons. The summed E-state index contributed by atoms with van der Waals surface area (Å²) in [6, 6.07) is 0. The van der Waals surface area contributed by atoms with Crippen LogP contribution in [0.1, 0.15) is 155 Å². The summed E-state index contributed by atoms with van der Waals surface area (Å²) in [5.41, 5.74) is 0. The summed E-state index contributed by atoms with van der Waals surface area (Å²) < 4.78 is 0. The van der Waals surface area contributed by atoms with Gasteiger partial charge in [-0.05, 0) is 19.3 Å². The van der Waals surface area contributed by atoms with Gasteiger partial charge in [-0.2, -0.15) is 0 Å². The van der Waals surface area contributed by atoms with Crippen molar-refractivity contribution in [1.82, 2.24) is 0 Å². The minimum Gasteiger partial charge on any atom is -0.481 e. The zero-order valence-electron chi connectivity index (χ0n) is 19.8. The highest BCUT2D eigenvalue weighted by Gasteiger charge is 1.95. The molecule has 0 heterocycles. The molecule has 0 aromatic carbocycles. The van der Waals surface area contributed by atoms with Crippen LogP contribution in [0.5, 0.6) is 0 Å². The Morgan fingerprint density at radius 1 is 0.517 bits per heavy atom. The van der Waals surface area contributed by atoms with Crippen molar-refractivity contribution in [3.05, 3.63) is 12.2 Å². The lowest BCUT2D eigenvalue weighted by Crippen LogP contribution is -1.91. The van der Waals surface area contributed by atoms with Gasteiger partial charge >= 0.3 is 5.97 Å². The van der Waals surface area contributed by atoms with Gasteiger partial charge in [0.05, 0.1) is 0 Å². The van der Waals surface area contributed by atoms with E-state index in [4.69, 9.17) is 5.11 Å². The summed E-state index contributed by atoms with van der Waals surface area (Å²) in [4.78, 5) is 10.4. The molecular weight excluding hydrogens is 356 g/mol. The maximum atomic E-state index is 10.4. The van der Waals surface area contributed by atoms with Crippen molar-refractivity contribution in [3.63, 3.8) is 0 Å². The molecule has 0 aliphatic carbocycles. The second-order valence-electron chi connectivity index (χ2n) is 8.91. The normalized spacial score (nSPS) is 11.5. The Balaban J connectivity index is 3.04. The molecule has 1 N–H and O–H groups in total. The van der Waals surface area contributed by atoms with E-state index in [1.165, 1.54) is 128 Å². The van der Waals surface area contributed by atoms with E-state index in [2.05, 4.69) is 13.0 Å². The third-order valence-electron chi connectivity index (χ3n) is 5.92. The van der Waals surface area contributed by atoms with Crippen molar-refractivity contribution >= 4 is 5.97 Å². The minimum absolute atomic E-state index is 0.260. The second-order valence-corrected chi connectivity index (χ2v) is 8.91. The molecule has 0 radical (unpaired) electrons. The van der Waals surface area contributed by atoms with Crippen LogP contribution in [-0.2, 0) is 4.79 Å². The van der Waals surface area contributed by atoms with Crippen LogP contribution < -0.4 is 0 Å². The van der Waals surface area contributed by atoms with Crippen LogP contribution in [0.15, 0.2) is 12.2 Å². The van der Waals surface area contributed by atoms with Gasteiger partial charge in [0.1, 0.15) is 0 Å². The molecule has 2 heteroatoms. The Morgan fingerprint density at radius 2 is 0.828 bits per heavy atom. The molecule has 0 bridgehead atoms. The van der Waals surface area contributed by atoms with Crippen molar-refractivity contribution in [3.8, 4) is 0 Å². The first-order valence-corrected chi connectivity index (χ1v) is 13.1. The van der Waals surface area contributed by atoms with Crippen LogP contribution in [0.2, 0.25) is 0 Å². The van der Waals surface area contributed by atoms with Crippen molar-refractivity contribution < 1.29 is 9.90 Å². The molecule has 0 aliphatic heterocycles. The molecular formula is C27H52O2. The second kappa shape index (κ2) is 25.2. The standard InChI is InChI=1S/C27H52O2/c1-2-3-4-5-6-7-8-9-10-11-12-13-14-15-16-17-18-19-20-21-22-23-24-25-26-27(28)29/h23-24H,2-22,25-26H2,1H3,(H,28,29). The van der Waals surface area contributed by atoms with E-state index in [-0.39, 0.29) is 6.42 Å². The Morgan fingerprint density at radius 3 is 1.17 bits per heavy atom. The van der Waals surface area contributed by atoms with Crippen LogP contribution in [0, 0.1) is 0 Å². The van der Waals surface area contributed by atoms with Crippen LogP contribution in [0.3, 0.4) is 0 Å². The topological polar surface area (TPSA) is 37.3 Å². The average molecular weight is 409 g/mol. The third-order valence-corrected chi connectivity index (χ3v) is 5.92. The maximum absolute atomic E-state index is 10.4. The molecule has 0 aromatic rings. The van der Waals surface area contributed by atoms with Crippen LogP contribution in [0.25, 0.3) is 0 Å². The first-order chi connectivity index (χ1) is 14.3. The first kappa shape index (κ1) is 28.2. The predicted molar refractivity (Wildman–Crippen MR) is 129 cm³/mol. The van der Waals surface area contributed by atoms with Crippen molar-refractivity contribution in [2.45, 2.75) is 155 Å². The lowest BCUT2D eigenvalue weighted by atomic mass is 10.0. The van der Waals surface area contributed by atoms with Gasteiger partial charge in [-0.15, -0.1) is 0 Å². The molecule has 0 saturated carbocycles. The van der Waals surface area contributed by atoms with Gasteiger partial charge in [0, 0.05) is 6.42 Å². The summed E-state index contributed by atoms with van der Waals surface area (Å²) in [6.45, 7) is 2.29. The minimum atomic E-state index is -0.701. The quantitative estimate of drug-likeness (QED) is 0.127. The number of hydrogen-bond donors (Lipinski definition) is 1. The van der Waals surface area contributed by atoms with E-state index >= 15 is 0 Å². The number of carbonyl (C=O) groups is 1. The summed E-state index contributed by atoms with van der Waals surface area (Å²) >= 11 is 0. The molecule has 0 fully saturated rings. The summed E-state index contributed by atoms with van der Waals surface area (Å²) in [5.74, 6) is -0.701. The van der Waals surface area contributed by atoms with E-state index in [0.29, 0.717) is 6.42 Å². The highest BCUT2D eigenvalue weighted by Crippen LogP contribution is 2.15. The van der Waals surface area contributed by atoms with Crippen molar-refractivity contribution in [2.24, 2.45) is 0 Å². The van der Waals surface area contributed by atoms with Gasteiger partial charge in [-0.3, -0.25) is 4.79 Å². The molecule has 29 heavy (non-hydrogen) atoms. The average Bonchev–Trinajstić information content (AvgIpc) is 2.71. The van der Waals surface area contributed by atoms with Gasteiger partial charge < -0.3 is 5.11 Å². The highest BCUT2D eigenvalue weighted by molar-refractivity contribution is 5.66. The zero-order chi connectivity index (χ0) is 21.3. The largest absolute Gasteiger partial charge is 0.481 e. The maximum Gasteiger partial charge on any atom is 0.303 e. The molecule has 0 aliphatic rings. The summed E-state index contributed by atoms with van der Waals surface area (Å²) in [5, 5.41) is 8.56. The van der Waals surface area contributed by atoms with Crippen LogP contribution in [0.4, 0.5) is 0 Å². The first-order valence-electron chi connectivity index (χ1n) is 13.1. The third kappa shape index (κ3) is 27.2. The van der Waals surface area contributed by atoms with E-state index in [1.807, 2.05) is 6.08 Å². The monoisotopic (exact) mass is 408 g/mol. The Bertz CT molecular complexity index is 348. The lowest BCUT2D eigenvalue weighted by Gasteiger charge is -2.04. The van der Waals surface area contributed by atoms with E-state index < -0.39 is 5.97 Å². The number of allylic oxidation sites excluding steroid dienone is 2. The van der Waals surface area contributed by atoms with Gasteiger partial charge in [0.2, 0.25) is 0 Å². The Kier molecular flexibility index (Phi) is 24.6. The lowest BCUT2D eigenvalue weighted by molar-refractivity contribution is -0.136. The molecule has 0 amide bonds. The van der Waals surface area contributed by atoms with Crippen LogP contribution in [-0.4, -0.2) is 11.1 Å². The summed E-state index contributed by atoms with van der Waals surface area (Å²) in [6.07, 6.45) is 34.6. The predicted octanol–water partition coefficient (Wildman–Crippen LogP) is 9.62. The fourth-order valence-electron chi connectivity index (χ4n) is 3.96. The number of aliphatic carboxylic acids is 1. The van der Waals surface area contributed by atoms with Gasteiger partial charge in [0.25, 0.3) is 0 Å². The Hall–Kier alpha value is -0.790. The number of carboxylic acids is 1.